The van der Waals surface area contributed by atoms with Crippen LogP contribution in [0.25, 0.3) is 22.2 Å². The van der Waals surface area contributed by atoms with Gasteiger partial charge in [-0.3, -0.25) is 4.68 Å². The number of rotatable bonds is 11. The number of aromatic nitrogens is 3. The zero-order valence-corrected chi connectivity index (χ0v) is 24.9. The van der Waals surface area contributed by atoms with E-state index >= 15 is 8.78 Å². The molecule has 0 radical (unpaired) electrons. The van der Waals surface area contributed by atoms with Gasteiger partial charge in [0, 0.05) is 63.5 Å². The molecule has 3 N–H and O–H groups in total. The molecule has 0 saturated carbocycles. The smallest absolute Gasteiger partial charge is 0.168 e. The molecule has 42 heavy (non-hydrogen) atoms. The molecule has 0 bridgehead atoms. The molecular weight excluding hydrogens is 602 g/mol. The Morgan fingerprint density at radius 2 is 1.95 bits per heavy atom. The van der Waals surface area contributed by atoms with E-state index in [-0.39, 0.29) is 35.1 Å². The van der Waals surface area contributed by atoms with Crippen LogP contribution in [0.1, 0.15) is 37.4 Å². The van der Waals surface area contributed by atoms with Gasteiger partial charge in [-0.05, 0) is 68.3 Å². The van der Waals surface area contributed by atoms with Gasteiger partial charge >= 0.3 is 0 Å². The fraction of sp³-hybridized carbons (Fsp3) is 0.242. The predicted octanol–water partition coefficient (Wildman–Crippen LogP) is 7.98. The first-order chi connectivity index (χ1) is 20.2. The van der Waals surface area contributed by atoms with Crippen LogP contribution >= 0.6 is 15.9 Å². The van der Waals surface area contributed by atoms with E-state index in [1.165, 1.54) is 24.3 Å². The molecule has 1 atom stereocenters. The molecule has 5 rings (SSSR count). The minimum atomic E-state index is -0.565. The van der Waals surface area contributed by atoms with Gasteiger partial charge in [0.2, 0.25) is 0 Å². The largest absolute Gasteiger partial charge is 0.454 e. The summed E-state index contributed by atoms with van der Waals surface area (Å²) in [6.07, 6.45) is 9.74. The second kappa shape index (κ2) is 12.5. The average Bonchev–Trinajstić information content (AvgIpc) is 3.64. The Morgan fingerprint density at radius 3 is 2.71 bits per heavy atom. The number of ether oxygens (including phenoxy) is 2. The van der Waals surface area contributed by atoms with Crippen LogP contribution in [0.3, 0.4) is 0 Å². The zero-order chi connectivity index (χ0) is 29.9. The first kappa shape index (κ1) is 29.5. The third-order valence-electron chi connectivity index (χ3n) is 7.05. The summed E-state index contributed by atoms with van der Waals surface area (Å²) in [6, 6.07) is 16.9. The zero-order valence-electron chi connectivity index (χ0n) is 23.3. The minimum Gasteiger partial charge on any atom is -0.454 e. The first-order valence-electron chi connectivity index (χ1n) is 13.5. The summed E-state index contributed by atoms with van der Waals surface area (Å²) in [6.45, 7) is 4.86. The molecule has 2 aromatic heterocycles. The molecular formula is C33H31BrF2N4O2. The fourth-order valence-corrected chi connectivity index (χ4v) is 5.22. The number of aromatic amines is 1. The van der Waals surface area contributed by atoms with Crippen molar-refractivity contribution in [3.05, 3.63) is 100 Å². The molecule has 0 aliphatic rings. The summed E-state index contributed by atoms with van der Waals surface area (Å²) in [5, 5.41) is 5.51. The van der Waals surface area contributed by atoms with Gasteiger partial charge in [0.25, 0.3) is 0 Å². The molecule has 0 spiro atoms. The SMILES string of the molecule is C#CC(C)(C)COCCC(c1cccc(Br)c1)n1ccc(-c2cc(Oc3c(F)cc4[nH]ccc4c3CN)ccc2F)n1. The molecule has 216 valence electrons. The van der Waals surface area contributed by atoms with Crippen molar-refractivity contribution in [3.63, 3.8) is 0 Å². The van der Waals surface area contributed by atoms with Crippen molar-refractivity contribution in [1.82, 2.24) is 14.8 Å². The molecule has 9 heteroatoms. The highest BCUT2D eigenvalue weighted by atomic mass is 79.9. The van der Waals surface area contributed by atoms with Gasteiger partial charge in [0.1, 0.15) is 11.6 Å². The highest BCUT2D eigenvalue weighted by Gasteiger charge is 2.21. The number of halogens is 3. The monoisotopic (exact) mass is 632 g/mol. The fourth-order valence-electron chi connectivity index (χ4n) is 4.80. The molecule has 0 aliphatic carbocycles. The van der Waals surface area contributed by atoms with Crippen LogP contribution in [0.15, 0.2) is 77.5 Å². The number of hydrogen-bond acceptors (Lipinski definition) is 4. The number of nitrogens with zero attached hydrogens (tertiary/aromatic N) is 2. The number of H-pyrrole nitrogens is 1. The van der Waals surface area contributed by atoms with Crippen LogP contribution in [-0.2, 0) is 11.3 Å². The van der Waals surface area contributed by atoms with Crippen molar-refractivity contribution < 1.29 is 18.3 Å². The summed E-state index contributed by atoms with van der Waals surface area (Å²) in [5.74, 6) is 1.97. The minimum absolute atomic E-state index is 0.00965. The number of terminal acetylenes is 1. The van der Waals surface area contributed by atoms with Gasteiger partial charge in [-0.2, -0.15) is 5.10 Å². The first-order valence-corrected chi connectivity index (χ1v) is 14.3. The third-order valence-corrected chi connectivity index (χ3v) is 7.55. The predicted molar refractivity (Wildman–Crippen MR) is 164 cm³/mol. The quantitative estimate of drug-likeness (QED) is 0.114. The lowest BCUT2D eigenvalue weighted by Gasteiger charge is -2.21. The Bertz CT molecular complexity index is 1750. The lowest BCUT2D eigenvalue weighted by molar-refractivity contribution is 0.0798. The Kier molecular flexibility index (Phi) is 8.78. The highest BCUT2D eigenvalue weighted by Crippen LogP contribution is 2.36. The van der Waals surface area contributed by atoms with Crippen LogP contribution in [0.5, 0.6) is 11.5 Å². The Morgan fingerprint density at radius 1 is 1.12 bits per heavy atom. The summed E-state index contributed by atoms with van der Waals surface area (Å²) in [4.78, 5) is 2.99. The van der Waals surface area contributed by atoms with Gasteiger partial charge in [-0.15, -0.1) is 6.42 Å². The van der Waals surface area contributed by atoms with Crippen molar-refractivity contribution >= 4 is 26.8 Å². The van der Waals surface area contributed by atoms with Gasteiger partial charge in [0.15, 0.2) is 11.6 Å². The van der Waals surface area contributed by atoms with Gasteiger partial charge in [-0.25, -0.2) is 8.78 Å². The Labute approximate surface area is 252 Å². The second-order valence-electron chi connectivity index (χ2n) is 10.7. The van der Waals surface area contributed by atoms with Gasteiger partial charge in [-0.1, -0.05) is 34.0 Å². The van der Waals surface area contributed by atoms with Crippen molar-refractivity contribution in [2.45, 2.75) is 32.9 Å². The van der Waals surface area contributed by atoms with Gasteiger partial charge < -0.3 is 20.2 Å². The van der Waals surface area contributed by atoms with Crippen LogP contribution in [-0.4, -0.2) is 28.0 Å². The molecule has 1 unspecified atom stereocenters. The summed E-state index contributed by atoms with van der Waals surface area (Å²) in [5.41, 5.74) is 8.38. The maximum atomic E-state index is 15.1. The average molecular weight is 634 g/mol. The highest BCUT2D eigenvalue weighted by molar-refractivity contribution is 9.10. The summed E-state index contributed by atoms with van der Waals surface area (Å²) < 4.78 is 44.7. The normalized spacial score (nSPS) is 12.4. The Hall–Kier alpha value is -3.97. The van der Waals surface area contributed by atoms with Crippen LogP contribution in [0, 0.1) is 29.4 Å². The van der Waals surface area contributed by atoms with E-state index < -0.39 is 11.6 Å². The lowest BCUT2D eigenvalue weighted by Crippen LogP contribution is -2.19. The van der Waals surface area contributed by atoms with Crippen molar-refractivity contribution in [3.8, 4) is 35.1 Å². The summed E-state index contributed by atoms with van der Waals surface area (Å²) >= 11 is 3.55. The molecule has 0 amide bonds. The standard InChI is InChI=1S/C33H31BrF2N4O2/c1-4-33(2,3)20-41-15-12-31(21-6-5-7-22(34)16-21)40-14-11-29(39-40)25-17-23(8-9-27(25)35)42-32-26(19-37)24-10-13-38-30(24)18-28(32)36/h1,5-11,13-14,16-18,31,38H,12,15,19-20,37H2,2-3H3. The molecule has 0 aliphatic heterocycles. The number of hydrogen-bond donors (Lipinski definition) is 2. The van der Waals surface area contributed by atoms with E-state index in [4.69, 9.17) is 26.7 Å². The van der Waals surface area contributed by atoms with E-state index in [9.17, 15) is 0 Å². The molecule has 5 aromatic rings. The van der Waals surface area contributed by atoms with E-state index in [2.05, 4.69) is 26.8 Å². The van der Waals surface area contributed by atoms with Crippen molar-refractivity contribution in [2.75, 3.05) is 13.2 Å². The molecule has 2 heterocycles. The van der Waals surface area contributed by atoms with Crippen LogP contribution < -0.4 is 10.5 Å². The van der Waals surface area contributed by atoms with Crippen molar-refractivity contribution in [2.24, 2.45) is 11.1 Å². The lowest BCUT2D eigenvalue weighted by atomic mass is 9.96. The van der Waals surface area contributed by atoms with E-state index in [0.717, 1.165) is 15.4 Å². The maximum absolute atomic E-state index is 15.1. The molecule has 0 fully saturated rings. The number of nitrogens with two attached hydrogens (primary N) is 1. The molecule has 6 nitrogen and oxygen atoms in total. The molecule has 3 aromatic carbocycles. The van der Waals surface area contributed by atoms with E-state index in [1.54, 1.807) is 16.9 Å². The Balaban J connectivity index is 1.43. The molecule has 0 saturated heterocycles. The number of fused-ring (bicyclic) bond motifs is 1. The van der Waals surface area contributed by atoms with Crippen LogP contribution in [0.4, 0.5) is 8.78 Å². The van der Waals surface area contributed by atoms with E-state index in [1.807, 2.05) is 50.4 Å². The van der Waals surface area contributed by atoms with Gasteiger partial charge in [0.05, 0.1) is 18.3 Å². The third kappa shape index (κ3) is 6.41. The number of nitrogens with one attached hydrogen (secondary N) is 1. The van der Waals surface area contributed by atoms with E-state index in [0.29, 0.717) is 36.4 Å². The maximum Gasteiger partial charge on any atom is 0.168 e. The van der Waals surface area contributed by atoms with Crippen LogP contribution in [0.2, 0.25) is 0 Å². The second-order valence-corrected chi connectivity index (χ2v) is 11.6. The van der Waals surface area contributed by atoms with Crippen molar-refractivity contribution in [1.29, 1.82) is 0 Å². The summed E-state index contributed by atoms with van der Waals surface area (Å²) in [7, 11) is 0. The number of benzene rings is 3. The topological polar surface area (TPSA) is 78.1 Å².